The van der Waals surface area contributed by atoms with Gasteiger partial charge in [0.05, 0.1) is 33.7 Å². The maximum atomic E-state index is 13.5. The summed E-state index contributed by atoms with van der Waals surface area (Å²) in [5.41, 5.74) is 2.23. The summed E-state index contributed by atoms with van der Waals surface area (Å²) in [5.74, 6) is -1.89. The topological polar surface area (TPSA) is 110 Å². The minimum absolute atomic E-state index is 0.0513. The van der Waals surface area contributed by atoms with Crippen molar-refractivity contribution in [1.29, 1.82) is 0 Å². The minimum Gasteiger partial charge on any atom is -0.465 e. The van der Waals surface area contributed by atoms with Gasteiger partial charge in [-0.25, -0.2) is 13.2 Å². The van der Waals surface area contributed by atoms with Crippen LogP contribution in [0.15, 0.2) is 70.5 Å². The quantitative estimate of drug-likeness (QED) is 0.575. The van der Waals surface area contributed by atoms with Gasteiger partial charge >= 0.3 is 5.97 Å². The lowest BCUT2D eigenvalue weighted by Gasteiger charge is -2.23. The van der Waals surface area contributed by atoms with Crippen molar-refractivity contribution in [3.05, 3.63) is 82.9 Å². The number of aryl methyl sites for hydroxylation is 2. The van der Waals surface area contributed by atoms with E-state index in [-0.39, 0.29) is 26.6 Å². The first-order valence-corrected chi connectivity index (χ1v) is 11.9. The molecule has 3 aromatic rings. The maximum absolute atomic E-state index is 13.5. The third-order valence-corrected chi connectivity index (χ3v) is 7.52. The minimum atomic E-state index is -4.11. The molecule has 1 aliphatic heterocycles. The van der Waals surface area contributed by atoms with E-state index in [1.54, 1.807) is 6.07 Å². The van der Waals surface area contributed by atoms with Crippen LogP contribution in [0, 0.1) is 13.8 Å². The van der Waals surface area contributed by atoms with Crippen molar-refractivity contribution in [1.82, 2.24) is 0 Å². The molecule has 0 saturated heterocycles. The van der Waals surface area contributed by atoms with Crippen molar-refractivity contribution in [2.75, 3.05) is 23.9 Å². The fourth-order valence-electron chi connectivity index (χ4n) is 3.94. The number of hydrogen-bond donors (Lipinski definition) is 1. The van der Waals surface area contributed by atoms with Crippen LogP contribution in [0.2, 0.25) is 0 Å². The van der Waals surface area contributed by atoms with E-state index >= 15 is 0 Å². The maximum Gasteiger partial charge on any atom is 0.337 e. The fraction of sp³-hybridized carbons (Fsp3) is 0.160. The zero-order valence-corrected chi connectivity index (χ0v) is 19.6. The Morgan fingerprint density at radius 3 is 2.29 bits per heavy atom. The number of anilines is 2. The first-order chi connectivity index (χ1) is 16.1. The summed E-state index contributed by atoms with van der Waals surface area (Å²) in [6.45, 7) is 3.23. The predicted molar refractivity (Wildman–Crippen MR) is 126 cm³/mol. The number of ether oxygens (including phenoxy) is 1. The number of hydrogen-bond acceptors (Lipinski definition) is 6. The van der Waals surface area contributed by atoms with Crippen LogP contribution in [0.5, 0.6) is 0 Å². The van der Waals surface area contributed by atoms with Gasteiger partial charge in [0, 0.05) is 5.69 Å². The summed E-state index contributed by atoms with van der Waals surface area (Å²) in [7, 11) is -2.91. The average molecular weight is 479 g/mol. The van der Waals surface area contributed by atoms with Crippen LogP contribution in [-0.4, -0.2) is 39.9 Å². The number of sulfone groups is 1. The lowest BCUT2D eigenvalue weighted by Crippen LogP contribution is -2.38. The molecule has 34 heavy (non-hydrogen) atoms. The second-order valence-corrected chi connectivity index (χ2v) is 9.77. The van der Waals surface area contributed by atoms with E-state index in [0.717, 1.165) is 16.0 Å². The van der Waals surface area contributed by atoms with Gasteiger partial charge in [-0.1, -0.05) is 30.3 Å². The van der Waals surface area contributed by atoms with E-state index in [1.807, 2.05) is 32.0 Å². The van der Waals surface area contributed by atoms with Crippen LogP contribution in [0.1, 0.15) is 31.8 Å². The highest BCUT2D eigenvalue weighted by molar-refractivity contribution is 7.91. The Bertz CT molecular complexity index is 1430. The highest BCUT2D eigenvalue weighted by atomic mass is 32.2. The van der Waals surface area contributed by atoms with Gasteiger partial charge in [0.15, 0.2) is 0 Å². The van der Waals surface area contributed by atoms with E-state index in [4.69, 9.17) is 4.74 Å². The lowest BCUT2D eigenvalue weighted by atomic mass is 10.1. The summed E-state index contributed by atoms with van der Waals surface area (Å²) in [6, 6.07) is 15.2. The number of para-hydroxylation sites is 1. The number of methoxy groups -OCH3 is 1. The number of carbonyl (C=O) groups excluding carboxylic acids is 3. The molecule has 0 atom stereocenters. The largest absolute Gasteiger partial charge is 0.465 e. The van der Waals surface area contributed by atoms with E-state index in [1.165, 1.54) is 43.5 Å². The molecule has 4 rings (SSSR count). The molecule has 0 saturated carbocycles. The van der Waals surface area contributed by atoms with Crippen molar-refractivity contribution in [2.24, 2.45) is 0 Å². The Morgan fingerprint density at radius 1 is 0.941 bits per heavy atom. The molecule has 174 valence electrons. The van der Waals surface area contributed by atoms with Crippen LogP contribution in [0.3, 0.4) is 0 Å². The summed E-state index contributed by atoms with van der Waals surface area (Å²) in [5, 5.41) is 2.82. The first-order valence-electron chi connectivity index (χ1n) is 10.4. The van der Waals surface area contributed by atoms with Crippen LogP contribution in [0.4, 0.5) is 11.4 Å². The number of rotatable bonds is 4. The van der Waals surface area contributed by atoms with Crippen molar-refractivity contribution in [2.45, 2.75) is 23.6 Å². The molecule has 9 heteroatoms. The van der Waals surface area contributed by atoms with Gasteiger partial charge < -0.3 is 10.1 Å². The highest BCUT2D eigenvalue weighted by Gasteiger charge is 2.37. The van der Waals surface area contributed by atoms with Crippen molar-refractivity contribution >= 4 is 39.0 Å². The molecule has 0 aliphatic carbocycles. The van der Waals surface area contributed by atoms with Gasteiger partial charge in [0.1, 0.15) is 6.54 Å². The van der Waals surface area contributed by atoms with Crippen LogP contribution in [-0.2, 0) is 19.4 Å². The molecule has 0 radical (unpaired) electrons. The average Bonchev–Trinajstić information content (AvgIpc) is 2.89. The second-order valence-electron chi connectivity index (χ2n) is 7.88. The number of nitrogens with one attached hydrogen (secondary N) is 1. The molecule has 8 nitrogen and oxygen atoms in total. The van der Waals surface area contributed by atoms with Crippen molar-refractivity contribution in [3.63, 3.8) is 0 Å². The van der Waals surface area contributed by atoms with Gasteiger partial charge in [-0.05, 0) is 55.3 Å². The predicted octanol–water partition coefficient (Wildman–Crippen LogP) is 3.52. The van der Waals surface area contributed by atoms with E-state index in [2.05, 4.69) is 5.32 Å². The second kappa shape index (κ2) is 8.75. The molecule has 0 bridgehead atoms. The number of nitrogens with zero attached hydrogens (tertiary/aromatic N) is 1. The van der Waals surface area contributed by atoms with Crippen molar-refractivity contribution < 1.29 is 27.5 Å². The molecular formula is C25H22N2O6S. The number of esters is 1. The summed E-state index contributed by atoms with van der Waals surface area (Å²) in [6.07, 6.45) is 0. The van der Waals surface area contributed by atoms with Crippen molar-refractivity contribution in [3.8, 4) is 0 Å². The molecule has 2 amide bonds. The Morgan fingerprint density at radius 2 is 1.62 bits per heavy atom. The van der Waals surface area contributed by atoms with Crippen LogP contribution >= 0.6 is 0 Å². The Labute approximate surface area is 197 Å². The third kappa shape index (κ3) is 3.94. The Balaban J connectivity index is 1.85. The van der Waals surface area contributed by atoms with E-state index in [9.17, 15) is 22.8 Å². The van der Waals surface area contributed by atoms with Crippen LogP contribution in [0.25, 0.3) is 0 Å². The van der Waals surface area contributed by atoms with Gasteiger partial charge in [-0.3, -0.25) is 14.5 Å². The molecular weight excluding hydrogens is 456 g/mol. The van der Waals surface area contributed by atoms with Gasteiger partial charge in [-0.15, -0.1) is 0 Å². The molecule has 0 aromatic heterocycles. The normalized spacial score (nSPS) is 14.0. The molecule has 1 N–H and O–H groups in total. The van der Waals surface area contributed by atoms with Gasteiger partial charge in [0.2, 0.25) is 15.7 Å². The SMILES string of the molecule is COC(=O)c1ccc2c(c1)N(CC(=O)Nc1c(C)cccc1C)C(=O)c1ccccc1S2(=O)=O. The Kier molecular flexibility index (Phi) is 5.97. The molecule has 0 fully saturated rings. The van der Waals surface area contributed by atoms with Crippen LogP contribution < -0.4 is 10.2 Å². The fourth-order valence-corrected chi connectivity index (χ4v) is 5.57. The van der Waals surface area contributed by atoms with Gasteiger partial charge in [0.25, 0.3) is 5.91 Å². The molecule has 0 unspecified atom stereocenters. The molecule has 1 aliphatic rings. The zero-order chi connectivity index (χ0) is 24.6. The first kappa shape index (κ1) is 23.2. The summed E-state index contributed by atoms with van der Waals surface area (Å²) in [4.78, 5) is 39.4. The summed E-state index contributed by atoms with van der Waals surface area (Å²) >= 11 is 0. The molecule has 3 aromatic carbocycles. The molecule has 0 spiro atoms. The lowest BCUT2D eigenvalue weighted by molar-refractivity contribution is -0.114. The number of carbonyl (C=O) groups is 3. The van der Waals surface area contributed by atoms with E-state index in [0.29, 0.717) is 5.69 Å². The standard InChI is InChI=1S/C25H22N2O6S/c1-15-7-6-8-16(2)23(15)26-22(28)14-27-19-13-17(25(30)33-3)11-12-21(19)34(31,32)20-10-5-4-9-18(20)24(27)29/h4-13H,14H2,1-3H3,(H,26,28). The monoisotopic (exact) mass is 478 g/mol. The van der Waals surface area contributed by atoms with E-state index < -0.39 is 34.2 Å². The third-order valence-electron chi connectivity index (χ3n) is 5.66. The number of amides is 2. The highest BCUT2D eigenvalue weighted by Crippen LogP contribution is 2.37. The number of benzene rings is 3. The molecule has 1 heterocycles. The number of fused-ring (bicyclic) bond motifs is 2. The smallest absolute Gasteiger partial charge is 0.337 e. The summed E-state index contributed by atoms with van der Waals surface area (Å²) < 4.78 is 31.6. The van der Waals surface area contributed by atoms with Gasteiger partial charge in [-0.2, -0.15) is 0 Å². The Hall–Kier alpha value is -3.98. The zero-order valence-electron chi connectivity index (χ0n) is 18.8.